The maximum absolute atomic E-state index is 13.0. The normalized spacial score (nSPS) is 16.1. The summed E-state index contributed by atoms with van der Waals surface area (Å²) >= 11 is 6.14. The van der Waals surface area contributed by atoms with Crippen LogP contribution in [0.25, 0.3) is 0 Å². The lowest BCUT2D eigenvalue weighted by Gasteiger charge is -2.37. The van der Waals surface area contributed by atoms with E-state index in [0.717, 1.165) is 17.7 Å². The second-order valence-corrected chi connectivity index (χ2v) is 7.47. The van der Waals surface area contributed by atoms with Gasteiger partial charge in [0.25, 0.3) is 0 Å². The first-order chi connectivity index (χ1) is 13.5. The lowest BCUT2D eigenvalue weighted by atomic mass is 10.0. The molecule has 1 atom stereocenters. The van der Waals surface area contributed by atoms with Crippen LogP contribution in [0.5, 0.6) is 0 Å². The van der Waals surface area contributed by atoms with Gasteiger partial charge in [0.15, 0.2) is 0 Å². The minimum atomic E-state index is -0.0418. The first-order valence-electron chi connectivity index (χ1n) is 9.59. The van der Waals surface area contributed by atoms with Gasteiger partial charge >= 0.3 is 0 Å². The molecule has 0 bridgehead atoms. The molecule has 29 heavy (non-hydrogen) atoms. The van der Waals surface area contributed by atoms with E-state index >= 15 is 0 Å². The van der Waals surface area contributed by atoms with Gasteiger partial charge in [0.05, 0.1) is 6.04 Å². The van der Waals surface area contributed by atoms with E-state index in [-0.39, 0.29) is 30.3 Å². The Morgan fingerprint density at radius 1 is 1.17 bits per heavy atom. The summed E-state index contributed by atoms with van der Waals surface area (Å²) in [7, 11) is 0. The Kier molecular flexibility index (Phi) is 8.96. The molecule has 5 nitrogen and oxygen atoms in total. The molecule has 0 saturated carbocycles. The third-order valence-electron chi connectivity index (χ3n) is 5.05. The highest BCUT2D eigenvalue weighted by molar-refractivity contribution is 6.30. The Bertz CT molecular complexity index is 817. The van der Waals surface area contributed by atoms with Gasteiger partial charge in [-0.15, -0.1) is 12.4 Å². The molecule has 2 aromatic rings. The van der Waals surface area contributed by atoms with Gasteiger partial charge in [0, 0.05) is 51.1 Å². The smallest absolute Gasteiger partial charge is 0.224 e. The zero-order valence-corrected chi connectivity index (χ0v) is 18.1. The third kappa shape index (κ3) is 6.46. The first kappa shape index (κ1) is 23.2. The highest BCUT2D eigenvalue weighted by Crippen LogP contribution is 2.25. The standard InChI is InChI=1S/C22H26ClN3O2.ClH/c1-17(27)25(16-18-6-3-2-4-7-18)12-10-22(28)26-13-11-24-15-21(26)19-8-5-9-20(23)14-19;/h2-9,14,21,24H,10-13,15-16H2,1H3;1H. The average Bonchev–Trinajstić information content (AvgIpc) is 2.71. The predicted molar refractivity (Wildman–Crippen MR) is 118 cm³/mol. The zero-order valence-electron chi connectivity index (χ0n) is 16.5. The van der Waals surface area contributed by atoms with Crippen molar-refractivity contribution < 1.29 is 9.59 Å². The number of rotatable bonds is 6. The summed E-state index contributed by atoms with van der Waals surface area (Å²) < 4.78 is 0. The van der Waals surface area contributed by atoms with Crippen molar-refractivity contribution in [2.75, 3.05) is 26.2 Å². The Morgan fingerprint density at radius 3 is 2.62 bits per heavy atom. The number of piperazine rings is 1. The molecule has 7 heteroatoms. The molecule has 1 aliphatic rings. The quantitative estimate of drug-likeness (QED) is 0.752. The van der Waals surface area contributed by atoms with Crippen molar-refractivity contribution in [2.45, 2.75) is 25.9 Å². The van der Waals surface area contributed by atoms with Crippen LogP contribution in [0.3, 0.4) is 0 Å². The van der Waals surface area contributed by atoms with Gasteiger partial charge in [-0.3, -0.25) is 9.59 Å². The number of nitrogens with zero attached hydrogens (tertiary/aromatic N) is 2. The second kappa shape index (κ2) is 11.2. The van der Waals surface area contributed by atoms with Crippen LogP contribution in [-0.2, 0) is 16.1 Å². The molecule has 3 rings (SSSR count). The fourth-order valence-electron chi connectivity index (χ4n) is 3.54. The Hall–Kier alpha value is -2.08. The monoisotopic (exact) mass is 435 g/mol. The molecule has 0 aromatic heterocycles. The molecule has 156 valence electrons. The van der Waals surface area contributed by atoms with Gasteiger partial charge in [0.2, 0.25) is 11.8 Å². The molecule has 0 aliphatic carbocycles. The van der Waals surface area contributed by atoms with Crippen LogP contribution in [-0.4, -0.2) is 47.8 Å². The number of halogens is 2. The molecule has 0 spiro atoms. The van der Waals surface area contributed by atoms with Gasteiger partial charge in [-0.05, 0) is 23.3 Å². The van der Waals surface area contributed by atoms with E-state index in [1.165, 1.54) is 0 Å². The van der Waals surface area contributed by atoms with Crippen molar-refractivity contribution >= 4 is 35.8 Å². The number of hydrogen-bond acceptors (Lipinski definition) is 3. The lowest BCUT2D eigenvalue weighted by Crippen LogP contribution is -2.49. The van der Waals surface area contributed by atoms with Crippen LogP contribution < -0.4 is 5.32 Å². The van der Waals surface area contributed by atoms with E-state index in [9.17, 15) is 9.59 Å². The molecule has 2 aromatic carbocycles. The van der Waals surface area contributed by atoms with Crippen molar-refractivity contribution in [2.24, 2.45) is 0 Å². The number of carbonyl (C=O) groups is 2. The van der Waals surface area contributed by atoms with Gasteiger partial charge in [-0.1, -0.05) is 54.1 Å². The first-order valence-corrected chi connectivity index (χ1v) is 9.97. The molecule has 1 heterocycles. The van der Waals surface area contributed by atoms with Crippen LogP contribution in [0.2, 0.25) is 5.02 Å². The number of amides is 2. The van der Waals surface area contributed by atoms with E-state index in [0.29, 0.717) is 37.6 Å². The summed E-state index contributed by atoms with van der Waals surface area (Å²) in [5.41, 5.74) is 2.09. The number of carbonyl (C=O) groups excluding carboxylic acids is 2. The van der Waals surface area contributed by atoms with E-state index in [1.807, 2.05) is 59.5 Å². The number of nitrogens with one attached hydrogen (secondary N) is 1. The van der Waals surface area contributed by atoms with Crippen LogP contribution in [0, 0.1) is 0 Å². The van der Waals surface area contributed by atoms with E-state index < -0.39 is 0 Å². The van der Waals surface area contributed by atoms with E-state index in [2.05, 4.69) is 5.32 Å². The van der Waals surface area contributed by atoms with Gasteiger partial charge in [-0.25, -0.2) is 0 Å². The summed E-state index contributed by atoms with van der Waals surface area (Å²) in [6, 6.07) is 17.5. The molecule has 1 saturated heterocycles. The Balaban J connectivity index is 0.00000300. The third-order valence-corrected chi connectivity index (χ3v) is 5.29. The Labute approximate surface area is 183 Å². The average molecular weight is 436 g/mol. The maximum Gasteiger partial charge on any atom is 0.224 e. The van der Waals surface area contributed by atoms with Crippen LogP contribution >= 0.6 is 24.0 Å². The predicted octanol–water partition coefficient (Wildman–Crippen LogP) is 3.67. The lowest BCUT2D eigenvalue weighted by molar-refractivity contribution is -0.136. The van der Waals surface area contributed by atoms with Crippen molar-refractivity contribution in [1.82, 2.24) is 15.1 Å². The van der Waals surface area contributed by atoms with Gasteiger partial charge < -0.3 is 15.1 Å². The number of benzene rings is 2. The molecular formula is C22H27Cl2N3O2. The molecule has 0 radical (unpaired) electrons. The van der Waals surface area contributed by atoms with Crippen LogP contribution in [0.15, 0.2) is 54.6 Å². The second-order valence-electron chi connectivity index (χ2n) is 7.04. The summed E-state index contributed by atoms with van der Waals surface area (Å²) in [5.74, 6) is 0.0362. The van der Waals surface area contributed by atoms with Crippen molar-refractivity contribution in [3.63, 3.8) is 0 Å². The minimum Gasteiger partial charge on any atom is -0.338 e. The van der Waals surface area contributed by atoms with Crippen LogP contribution in [0.1, 0.15) is 30.5 Å². The summed E-state index contributed by atoms with van der Waals surface area (Å²) in [5, 5.41) is 4.02. The molecule has 1 fully saturated rings. The highest BCUT2D eigenvalue weighted by Gasteiger charge is 2.28. The topological polar surface area (TPSA) is 52.7 Å². The summed E-state index contributed by atoms with van der Waals surface area (Å²) in [6.07, 6.45) is 0.309. The van der Waals surface area contributed by atoms with Crippen molar-refractivity contribution in [1.29, 1.82) is 0 Å². The minimum absolute atomic E-state index is 0. The molecule has 1 unspecified atom stereocenters. The van der Waals surface area contributed by atoms with Gasteiger partial charge in [-0.2, -0.15) is 0 Å². The van der Waals surface area contributed by atoms with Crippen LogP contribution in [0.4, 0.5) is 0 Å². The summed E-state index contributed by atoms with van der Waals surface area (Å²) in [6.45, 7) is 4.59. The van der Waals surface area contributed by atoms with E-state index in [4.69, 9.17) is 11.6 Å². The molecule has 2 amide bonds. The highest BCUT2D eigenvalue weighted by atomic mass is 35.5. The molecular weight excluding hydrogens is 409 g/mol. The number of hydrogen-bond donors (Lipinski definition) is 1. The van der Waals surface area contributed by atoms with E-state index in [1.54, 1.807) is 11.8 Å². The fraction of sp³-hybridized carbons (Fsp3) is 0.364. The largest absolute Gasteiger partial charge is 0.338 e. The van der Waals surface area contributed by atoms with Crippen molar-refractivity contribution in [3.05, 3.63) is 70.7 Å². The summed E-state index contributed by atoms with van der Waals surface area (Å²) in [4.78, 5) is 28.6. The molecule has 1 aliphatic heterocycles. The Morgan fingerprint density at radius 2 is 1.93 bits per heavy atom. The SMILES string of the molecule is CC(=O)N(CCC(=O)N1CCNCC1c1cccc(Cl)c1)Cc1ccccc1.Cl. The zero-order chi connectivity index (χ0) is 19.9. The molecule has 1 N–H and O–H groups in total. The fourth-order valence-corrected chi connectivity index (χ4v) is 3.74. The maximum atomic E-state index is 13.0. The van der Waals surface area contributed by atoms with Gasteiger partial charge in [0.1, 0.15) is 0 Å². The van der Waals surface area contributed by atoms with Crippen molar-refractivity contribution in [3.8, 4) is 0 Å².